The molecule has 0 spiro atoms. The Morgan fingerprint density at radius 2 is 2.20 bits per heavy atom. The number of benzene rings is 1. The zero-order valence-electron chi connectivity index (χ0n) is 7.92. The van der Waals surface area contributed by atoms with Crippen LogP contribution in [-0.2, 0) is 0 Å². The van der Waals surface area contributed by atoms with Gasteiger partial charge in [0, 0.05) is 9.86 Å². The van der Waals surface area contributed by atoms with Crippen LogP contribution in [0.5, 0.6) is 0 Å². The number of fused-ring (bicyclic) bond motifs is 1. The van der Waals surface area contributed by atoms with Crippen LogP contribution in [0.2, 0.25) is 5.15 Å². The molecule has 1 heterocycles. The minimum atomic E-state index is -0.0786. The molecule has 15 heavy (non-hydrogen) atoms. The highest BCUT2D eigenvalue weighted by atomic mass is 79.9. The van der Waals surface area contributed by atoms with Gasteiger partial charge >= 0.3 is 0 Å². The molecule has 2 nitrogen and oxygen atoms in total. The molecule has 0 aliphatic rings. The van der Waals surface area contributed by atoms with Crippen molar-refractivity contribution in [3.8, 4) is 0 Å². The van der Waals surface area contributed by atoms with E-state index < -0.39 is 0 Å². The fourth-order valence-corrected chi connectivity index (χ4v) is 2.13. The Bertz CT molecular complexity index is 554. The fourth-order valence-electron chi connectivity index (χ4n) is 1.38. The molecule has 0 aliphatic carbocycles. The molecule has 0 unspecified atom stereocenters. The van der Waals surface area contributed by atoms with Gasteiger partial charge in [-0.15, -0.1) is 0 Å². The molecule has 2 rings (SSSR count). The lowest BCUT2D eigenvalue weighted by atomic mass is 10.1. The third-order valence-corrected chi connectivity index (χ3v) is 3.12. The molecule has 76 valence electrons. The number of ketones is 1. The summed E-state index contributed by atoms with van der Waals surface area (Å²) in [6.07, 6.45) is 0. The van der Waals surface area contributed by atoms with Crippen molar-refractivity contribution >= 4 is 44.2 Å². The third kappa shape index (κ3) is 1.90. The first-order valence-electron chi connectivity index (χ1n) is 4.35. The summed E-state index contributed by atoms with van der Waals surface area (Å²) in [7, 11) is 0. The van der Waals surface area contributed by atoms with E-state index in [1.807, 2.05) is 18.2 Å². The first-order chi connectivity index (χ1) is 7.09. The predicted molar refractivity (Wildman–Crippen MR) is 64.5 cm³/mol. The first-order valence-corrected chi connectivity index (χ1v) is 5.52. The molecule has 0 N–H and O–H groups in total. The molecule has 0 amide bonds. The van der Waals surface area contributed by atoms with Gasteiger partial charge in [-0.1, -0.05) is 33.6 Å². The lowest BCUT2D eigenvalue weighted by molar-refractivity contribution is 0.101. The van der Waals surface area contributed by atoms with Crippen LogP contribution in [0.25, 0.3) is 10.9 Å². The number of carbonyl (C=O) groups is 1. The highest BCUT2D eigenvalue weighted by molar-refractivity contribution is 9.10. The molecule has 1 aromatic carbocycles. The SMILES string of the molecule is CC(=O)c1cc2c(Br)cccc2nc1Cl. The molecule has 0 bridgehead atoms. The van der Waals surface area contributed by atoms with E-state index in [0.717, 1.165) is 15.4 Å². The number of Topliss-reactive ketones (excluding diaryl/α,β-unsaturated/α-hetero) is 1. The fraction of sp³-hybridized carbons (Fsp3) is 0.0909. The standard InChI is InChI=1S/C11H7BrClNO/c1-6(15)7-5-8-9(12)3-2-4-10(8)14-11(7)13/h2-5H,1H3. The summed E-state index contributed by atoms with van der Waals surface area (Å²) in [5, 5.41) is 1.15. The van der Waals surface area contributed by atoms with Crippen LogP contribution in [0, 0.1) is 0 Å². The molecule has 0 saturated carbocycles. The van der Waals surface area contributed by atoms with Crippen LogP contribution in [0.4, 0.5) is 0 Å². The van der Waals surface area contributed by atoms with Gasteiger partial charge in [0.2, 0.25) is 0 Å². The Morgan fingerprint density at radius 3 is 2.87 bits per heavy atom. The van der Waals surface area contributed by atoms with Crippen molar-refractivity contribution in [1.29, 1.82) is 0 Å². The molecule has 0 fully saturated rings. The molecule has 1 aromatic heterocycles. The van der Waals surface area contributed by atoms with E-state index in [1.54, 1.807) is 6.07 Å². The largest absolute Gasteiger partial charge is 0.294 e. The quantitative estimate of drug-likeness (QED) is 0.588. The molecule has 4 heteroatoms. The van der Waals surface area contributed by atoms with E-state index >= 15 is 0 Å². The summed E-state index contributed by atoms with van der Waals surface area (Å²) in [6.45, 7) is 1.48. The number of hydrogen-bond acceptors (Lipinski definition) is 2. The Hall–Kier alpha value is -0.930. The minimum absolute atomic E-state index is 0.0786. The van der Waals surface area contributed by atoms with Gasteiger partial charge in [0.1, 0.15) is 5.15 Å². The smallest absolute Gasteiger partial charge is 0.162 e. The molecule has 0 atom stereocenters. The summed E-state index contributed by atoms with van der Waals surface area (Å²) in [5.74, 6) is -0.0786. The molecule has 0 aliphatic heterocycles. The number of hydrogen-bond donors (Lipinski definition) is 0. The number of rotatable bonds is 1. The topological polar surface area (TPSA) is 30.0 Å². The maximum Gasteiger partial charge on any atom is 0.162 e. The van der Waals surface area contributed by atoms with Crippen molar-refractivity contribution < 1.29 is 4.79 Å². The average molecular weight is 285 g/mol. The molecule has 0 radical (unpaired) electrons. The Kier molecular flexibility index (Phi) is 2.76. The zero-order valence-corrected chi connectivity index (χ0v) is 10.3. The Morgan fingerprint density at radius 1 is 1.47 bits per heavy atom. The van der Waals surface area contributed by atoms with Crippen molar-refractivity contribution in [2.45, 2.75) is 6.92 Å². The molecular weight excluding hydrogens is 277 g/mol. The molecular formula is C11H7BrClNO. The van der Waals surface area contributed by atoms with Crippen molar-refractivity contribution in [2.75, 3.05) is 0 Å². The van der Waals surface area contributed by atoms with Crippen molar-refractivity contribution in [3.63, 3.8) is 0 Å². The highest BCUT2D eigenvalue weighted by Crippen LogP contribution is 2.26. The van der Waals surface area contributed by atoms with Gasteiger partial charge in [-0.2, -0.15) is 0 Å². The number of pyridine rings is 1. The van der Waals surface area contributed by atoms with Crippen LogP contribution in [-0.4, -0.2) is 10.8 Å². The van der Waals surface area contributed by atoms with Gasteiger partial charge in [-0.05, 0) is 25.1 Å². The van der Waals surface area contributed by atoms with Crippen LogP contribution >= 0.6 is 27.5 Å². The number of carbonyl (C=O) groups excluding carboxylic acids is 1. The number of nitrogens with zero attached hydrogens (tertiary/aromatic N) is 1. The Labute approximate surface area is 100 Å². The highest BCUT2D eigenvalue weighted by Gasteiger charge is 2.10. The lowest BCUT2D eigenvalue weighted by Crippen LogP contribution is -1.96. The van der Waals surface area contributed by atoms with Crippen molar-refractivity contribution in [2.24, 2.45) is 0 Å². The lowest BCUT2D eigenvalue weighted by Gasteiger charge is -2.04. The van der Waals surface area contributed by atoms with E-state index in [2.05, 4.69) is 20.9 Å². The summed E-state index contributed by atoms with van der Waals surface area (Å²) in [6, 6.07) is 7.40. The summed E-state index contributed by atoms with van der Waals surface area (Å²) in [5.41, 5.74) is 1.23. The van der Waals surface area contributed by atoms with Crippen LogP contribution in [0.15, 0.2) is 28.7 Å². The number of aromatic nitrogens is 1. The van der Waals surface area contributed by atoms with Gasteiger partial charge in [-0.3, -0.25) is 4.79 Å². The van der Waals surface area contributed by atoms with Crippen molar-refractivity contribution in [3.05, 3.63) is 39.5 Å². The maximum atomic E-state index is 11.3. The van der Waals surface area contributed by atoms with Gasteiger partial charge in [0.05, 0.1) is 11.1 Å². The molecule has 0 saturated heterocycles. The normalized spacial score (nSPS) is 10.6. The first kappa shape index (κ1) is 10.6. The minimum Gasteiger partial charge on any atom is -0.294 e. The second-order valence-electron chi connectivity index (χ2n) is 3.19. The summed E-state index contributed by atoms with van der Waals surface area (Å²) >= 11 is 9.31. The van der Waals surface area contributed by atoms with Gasteiger partial charge in [0.15, 0.2) is 5.78 Å². The third-order valence-electron chi connectivity index (χ3n) is 2.14. The summed E-state index contributed by atoms with van der Waals surface area (Å²) in [4.78, 5) is 15.5. The zero-order chi connectivity index (χ0) is 11.0. The van der Waals surface area contributed by atoms with Gasteiger partial charge in [-0.25, -0.2) is 4.98 Å². The Balaban J connectivity index is 2.83. The molecule has 2 aromatic rings. The van der Waals surface area contributed by atoms with Gasteiger partial charge < -0.3 is 0 Å². The predicted octanol–water partition coefficient (Wildman–Crippen LogP) is 3.85. The van der Waals surface area contributed by atoms with E-state index in [-0.39, 0.29) is 10.9 Å². The average Bonchev–Trinajstić information content (AvgIpc) is 2.16. The second kappa shape index (κ2) is 3.91. The maximum absolute atomic E-state index is 11.3. The monoisotopic (exact) mass is 283 g/mol. The number of halogens is 2. The van der Waals surface area contributed by atoms with E-state index in [0.29, 0.717) is 5.56 Å². The van der Waals surface area contributed by atoms with Gasteiger partial charge in [0.25, 0.3) is 0 Å². The van der Waals surface area contributed by atoms with E-state index in [9.17, 15) is 4.79 Å². The van der Waals surface area contributed by atoms with Crippen LogP contribution < -0.4 is 0 Å². The van der Waals surface area contributed by atoms with Crippen LogP contribution in [0.3, 0.4) is 0 Å². The van der Waals surface area contributed by atoms with Crippen LogP contribution in [0.1, 0.15) is 17.3 Å². The summed E-state index contributed by atoms with van der Waals surface area (Å²) < 4.78 is 0.909. The van der Waals surface area contributed by atoms with E-state index in [4.69, 9.17) is 11.6 Å². The van der Waals surface area contributed by atoms with Crippen molar-refractivity contribution in [1.82, 2.24) is 4.98 Å². The van der Waals surface area contributed by atoms with E-state index in [1.165, 1.54) is 6.92 Å². The second-order valence-corrected chi connectivity index (χ2v) is 4.40.